The topological polar surface area (TPSA) is 80.7 Å². The summed E-state index contributed by atoms with van der Waals surface area (Å²) in [7, 11) is -4.26. The van der Waals surface area contributed by atoms with E-state index in [0.717, 1.165) is 5.56 Å². The standard InChI is InChI=1S/C35H22ClFN2O4S/c1-21-10-14-26(15-11-21)44(42,43)39-32-17-13-25(37)20-29(32)33(28-8-3-4-9-31(28)38-2)34(39)23-7-5-6-22(18-23)27-16-12-24(35(40)41)19-30(27)36/h3-20H,1H3,(H,40,41). The summed E-state index contributed by atoms with van der Waals surface area (Å²) in [6.07, 6.45) is 0. The van der Waals surface area contributed by atoms with E-state index in [1.807, 2.05) is 6.92 Å². The molecule has 0 bridgehead atoms. The molecule has 0 unspecified atom stereocenters. The van der Waals surface area contributed by atoms with Crippen LogP contribution >= 0.6 is 11.6 Å². The maximum atomic E-state index is 14.9. The highest BCUT2D eigenvalue weighted by molar-refractivity contribution is 7.90. The Labute approximate surface area is 258 Å². The van der Waals surface area contributed by atoms with Gasteiger partial charge in [-0.05, 0) is 66.6 Å². The van der Waals surface area contributed by atoms with E-state index in [1.54, 1.807) is 66.7 Å². The molecule has 44 heavy (non-hydrogen) atoms. The first-order valence-corrected chi connectivity index (χ1v) is 15.2. The number of nitrogens with zero attached hydrogens (tertiary/aromatic N) is 2. The van der Waals surface area contributed by atoms with E-state index in [-0.39, 0.29) is 32.4 Å². The number of rotatable bonds is 6. The van der Waals surface area contributed by atoms with Crippen molar-refractivity contribution in [1.82, 2.24) is 3.97 Å². The van der Waals surface area contributed by atoms with Crippen LogP contribution in [0.25, 0.3) is 49.3 Å². The van der Waals surface area contributed by atoms with Gasteiger partial charge in [-0.2, -0.15) is 0 Å². The highest BCUT2D eigenvalue weighted by atomic mass is 35.5. The number of aromatic nitrogens is 1. The third-order valence-corrected chi connectivity index (χ3v) is 9.44. The molecule has 1 N–H and O–H groups in total. The largest absolute Gasteiger partial charge is 0.478 e. The van der Waals surface area contributed by atoms with E-state index >= 15 is 0 Å². The van der Waals surface area contributed by atoms with Crippen LogP contribution in [-0.4, -0.2) is 23.5 Å². The maximum Gasteiger partial charge on any atom is 0.335 e. The SMILES string of the molecule is [C-]#[N+]c1ccccc1-c1c(-c2cccc(-c3ccc(C(=O)O)cc3Cl)c2)n(S(=O)(=O)c2ccc(C)cc2)c2ccc(F)cc12. The second-order valence-corrected chi connectivity index (χ2v) is 12.4. The van der Waals surface area contributed by atoms with E-state index in [0.29, 0.717) is 33.2 Å². The third kappa shape index (κ3) is 4.92. The Kier molecular flexibility index (Phi) is 7.30. The van der Waals surface area contributed by atoms with Crippen molar-refractivity contribution < 1.29 is 22.7 Å². The smallest absolute Gasteiger partial charge is 0.335 e. The van der Waals surface area contributed by atoms with Gasteiger partial charge in [0.15, 0.2) is 5.69 Å². The second kappa shape index (κ2) is 11.1. The first-order chi connectivity index (χ1) is 21.1. The van der Waals surface area contributed by atoms with Gasteiger partial charge in [0.2, 0.25) is 0 Å². The zero-order chi connectivity index (χ0) is 31.2. The zero-order valence-electron chi connectivity index (χ0n) is 23.1. The van der Waals surface area contributed by atoms with Crippen LogP contribution in [0.2, 0.25) is 5.02 Å². The van der Waals surface area contributed by atoms with E-state index in [2.05, 4.69) is 4.85 Å². The average molecular weight is 621 g/mol. The Balaban J connectivity index is 1.74. The Morgan fingerprint density at radius 2 is 1.59 bits per heavy atom. The van der Waals surface area contributed by atoms with Gasteiger partial charge in [-0.3, -0.25) is 0 Å². The van der Waals surface area contributed by atoms with Crippen molar-refractivity contribution in [2.45, 2.75) is 11.8 Å². The lowest BCUT2D eigenvalue weighted by Gasteiger charge is -2.16. The second-order valence-electron chi connectivity index (χ2n) is 10.2. The Morgan fingerprint density at radius 1 is 0.864 bits per heavy atom. The molecule has 0 spiro atoms. The summed E-state index contributed by atoms with van der Waals surface area (Å²) in [6, 6.07) is 28.5. The molecule has 6 aromatic rings. The highest BCUT2D eigenvalue weighted by Crippen LogP contribution is 2.46. The number of fused-ring (bicyclic) bond motifs is 1. The van der Waals surface area contributed by atoms with Crippen LogP contribution < -0.4 is 0 Å². The van der Waals surface area contributed by atoms with Crippen LogP contribution in [0.3, 0.4) is 0 Å². The van der Waals surface area contributed by atoms with Crippen molar-refractivity contribution in [1.29, 1.82) is 0 Å². The van der Waals surface area contributed by atoms with Crippen LogP contribution in [0.4, 0.5) is 10.1 Å². The Morgan fingerprint density at radius 3 is 2.30 bits per heavy atom. The number of benzene rings is 5. The Bertz CT molecular complexity index is 2270. The molecule has 0 fully saturated rings. The van der Waals surface area contributed by atoms with Crippen LogP contribution in [0, 0.1) is 19.3 Å². The van der Waals surface area contributed by atoms with Crippen LogP contribution in [0.15, 0.2) is 114 Å². The van der Waals surface area contributed by atoms with Crippen LogP contribution in [-0.2, 0) is 10.0 Å². The molecule has 0 saturated carbocycles. The number of aromatic carboxylic acids is 1. The lowest BCUT2D eigenvalue weighted by molar-refractivity contribution is 0.0697. The summed E-state index contributed by atoms with van der Waals surface area (Å²) in [6.45, 7) is 9.69. The van der Waals surface area contributed by atoms with Crippen molar-refractivity contribution in [3.63, 3.8) is 0 Å². The van der Waals surface area contributed by atoms with E-state index in [9.17, 15) is 22.7 Å². The van der Waals surface area contributed by atoms with Crippen LogP contribution in [0.5, 0.6) is 0 Å². The van der Waals surface area contributed by atoms with Gasteiger partial charge in [-0.15, -0.1) is 0 Å². The van der Waals surface area contributed by atoms with Crippen LogP contribution in [0.1, 0.15) is 15.9 Å². The first-order valence-electron chi connectivity index (χ1n) is 13.4. The van der Waals surface area contributed by atoms with Crippen molar-refractivity contribution in [3.8, 4) is 33.5 Å². The molecule has 1 heterocycles. The van der Waals surface area contributed by atoms with Gasteiger partial charge in [-0.1, -0.05) is 77.8 Å². The van der Waals surface area contributed by atoms with Crippen molar-refractivity contribution in [2.75, 3.05) is 0 Å². The summed E-state index contributed by atoms with van der Waals surface area (Å²) < 4.78 is 45.0. The maximum absolute atomic E-state index is 14.9. The predicted octanol–water partition coefficient (Wildman–Crippen LogP) is 9.23. The molecule has 0 aliphatic carbocycles. The Hall–Kier alpha value is -5.23. The van der Waals surface area contributed by atoms with Crippen molar-refractivity contribution in [2.24, 2.45) is 0 Å². The molecule has 1 aromatic heterocycles. The highest BCUT2D eigenvalue weighted by Gasteiger charge is 2.30. The molecule has 0 saturated heterocycles. The van der Waals surface area contributed by atoms with Gasteiger partial charge >= 0.3 is 5.97 Å². The minimum atomic E-state index is -4.26. The molecular weight excluding hydrogens is 599 g/mol. The first kappa shape index (κ1) is 28.9. The van der Waals surface area contributed by atoms with Crippen molar-refractivity contribution in [3.05, 3.63) is 143 Å². The summed E-state index contributed by atoms with van der Waals surface area (Å²) >= 11 is 6.51. The van der Waals surface area contributed by atoms with E-state index in [4.69, 9.17) is 18.2 Å². The summed E-state index contributed by atoms with van der Waals surface area (Å²) in [5, 5.41) is 9.91. The molecule has 9 heteroatoms. The molecule has 0 amide bonds. The number of aryl methyl sites for hydroxylation is 1. The minimum Gasteiger partial charge on any atom is -0.478 e. The molecule has 6 nitrogen and oxygen atoms in total. The molecule has 6 rings (SSSR count). The molecular formula is C35H22ClFN2O4S. The number of carboxylic acid groups (broad SMARTS) is 1. The fourth-order valence-electron chi connectivity index (χ4n) is 5.33. The lowest BCUT2D eigenvalue weighted by atomic mass is 9.95. The number of hydrogen-bond acceptors (Lipinski definition) is 3. The molecule has 0 aliphatic heterocycles. The van der Waals surface area contributed by atoms with E-state index < -0.39 is 21.8 Å². The zero-order valence-corrected chi connectivity index (χ0v) is 24.7. The quantitative estimate of drug-likeness (QED) is 0.188. The van der Waals surface area contributed by atoms with Gasteiger partial charge in [0.1, 0.15) is 5.82 Å². The number of halogens is 2. The van der Waals surface area contributed by atoms with Gasteiger partial charge in [0.05, 0.1) is 28.2 Å². The summed E-state index contributed by atoms with van der Waals surface area (Å²) in [4.78, 5) is 15.2. The number of carboxylic acids is 1. The molecule has 5 aromatic carbocycles. The molecule has 216 valence electrons. The van der Waals surface area contributed by atoms with Crippen molar-refractivity contribution >= 4 is 44.2 Å². The minimum absolute atomic E-state index is 0.0271. The van der Waals surface area contributed by atoms with Gasteiger partial charge < -0.3 is 5.11 Å². The summed E-state index contributed by atoms with van der Waals surface area (Å²) in [5.41, 5.74) is 4.09. The number of para-hydroxylation sites is 1. The lowest BCUT2D eigenvalue weighted by Crippen LogP contribution is -2.14. The van der Waals surface area contributed by atoms with E-state index in [1.165, 1.54) is 46.4 Å². The molecule has 0 radical (unpaired) electrons. The fourth-order valence-corrected chi connectivity index (χ4v) is 7.17. The number of hydrogen-bond donors (Lipinski definition) is 1. The van der Waals surface area contributed by atoms with Gasteiger partial charge in [-0.25, -0.2) is 26.4 Å². The predicted molar refractivity (Wildman–Crippen MR) is 170 cm³/mol. The summed E-state index contributed by atoms with van der Waals surface area (Å²) in [5.74, 6) is -1.68. The average Bonchev–Trinajstić information content (AvgIpc) is 3.36. The monoisotopic (exact) mass is 620 g/mol. The molecule has 0 aliphatic rings. The third-order valence-electron chi connectivity index (χ3n) is 7.40. The van der Waals surface area contributed by atoms with Gasteiger partial charge in [0.25, 0.3) is 10.0 Å². The fraction of sp³-hybridized carbons (Fsp3) is 0.0286. The number of carbonyl (C=O) groups is 1. The van der Waals surface area contributed by atoms with Gasteiger partial charge in [0, 0.05) is 27.1 Å². The normalized spacial score (nSPS) is 11.4. The molecule has 0 atom stereocenters.